The maximum Gasteiger partial charge on any atom is 0.344 e. The van der Waals surface area contributed by atoms with Crippen LogP contribution in [0.3, 0.4) is 0 Å². The molecule has 1 fully saturated rings. The molecule has 7 nitrogen and oxygen atoms in total. The summed E-state index contributed by atoms with van der Waals surface area (Å²) in [5.74, 6) is 0.401. The summed E-state index contributed by atoms with van der Waals surface area (Å²) in [7, 11) is 0. The van der Waals surface area contributed by atoms with E-state index in [1.165, 1.54) is 18.1 Å². The van der Waals surface area contributed by atoms with E-state index >= 15 is 0 Å². The summed E-state index contributed by atoms with van der Waals surface area (Å²) in [5, 5.41) is 7.74. The molecule has 17 heavy (non-hydrogen) atoms. The number of nitrogen functional groups attached to an aromatic ring is 1. The molecule has 2 aromatic heterocycles. The van der Waals surface area contributed by atoms with Crippen molar-refractivity contribution in [3.63, 3.8) is 0 Å². The molecule has 3 N–H and O–H groups in total. The molecule has 1 saturated carbocycles. The molecule has 0 aliphatic heterocycles. The number of rotatable bonds is 3. The highest BCUT2D eigenvalue weighted by atomic mass is 32.2. The van der Waals surface area contributed by atoms with Gasteiger partial charge in [0, 0.05) is 12.1 Å². The quantitative estimate of drug-likeness (QED) is 0.766. The molecule has 0 radical (unpaired) electrons. The largest absolute Gasteiger partial charge is 0.384 e. The first-order valence-electron chi connectivity index (χ1n) is 5.16. The van der Waals surface area contributed by atoms with Gasteiger partial charge in [0.05, 0.1) is 0 Å². The van der Waals surface area contributed by atoms with Crippen LogP contribution < -0.4 is 11.4 Å². The van der Waals surface area contributed by atoms with E-state index < -0.39 is 0 Å². The molecule has 3 rings (SSSR count). The number of nitrogens with one attached hydrogen (secondary N) is 1. The first-order valence-corrected chi connectivity index (χ1v) is 5.98. The number of hydrogen-bond donors (Lipinski definition) is 2. The van der Waals surface area contributed by atoms with Crippen molar-refractivity contribution in [3.8, 4) is 0 Å². The monoisotopic (exact) mass is 250 g/mol. The molecule has 0 saturated heterocycles. The molecule has 0 amide bonds. The Bertz CT molecular complexity index is 602. The molecular weight excluding hydrogens is 240 g/mol. The van der Waals surface area contributed by atoms with Crippen molar-refractivity contribution in [1.29, 1.82) is 0 Å². The molecule has 88 valence electrons. The lowest BCUT2D eigenvalue weighted by atomic mass is 10.6. The van der Waals surface area contributed by atoms with Crippen molar-refractivity contribution < 1.29 is 0 Å². The van der Waals surface area contributed by atoms with E-state index in [9.17, 15) is 4.79 Å². The van der Waals surface area contributed by atoms with Crippen LogP contribution >= 0.6 is 11.8 Å². The zero-order valence-electron chi connectivity index (χ0n) is 8.83. The molecule has 0 atom stereocenters. The fourth-order valence-electron chi connectivity index (χ4n) is 1.52. The van der Waals surface area contributed by atoms with Crippen LogP contribution in [0.5, 0.6) is 0 Å². The Morgan fingerprint density at radius 2 is 2.29 bits per heavy atom. The Morgan fingerprint density at radius 1 is 1.47 bits per heavy atom. The maximum atomic E-state index is 11.6. The van der Waals surface area contributed by atoms with Crippen molar-refractivity contribution >= 4 is 17.6 Å². The van der Waals surface area contributed by atoms with Crippen molar-refractivity contribution in [3.05, 3.63) is 22.9 Å². The van der Waals surface area contributed by atoms with Crippen molar-refractivity contribution in [1.82, 2.24) is 24.7 Å². The number of nitrogens with two attached hydrogens (primary N) is 1. The van der Waals surface area contributed by atoms with Gasteiger partial charge in [-0.2, -0.15) is 0 Å². The number of nitrogens with zero attached hydrogens (tertiary/aromatic N) is 4. The molecule has 2 aromatic rings. The number of anilines is 1. The molecule has 0 aromatic carbocycles. The number of aromatic nitrogens is 5. The third-order valence-corrected chi connectivity index (χ3v) is 3.35. The fraction of sp³-hybridized carbons (Fsp3) is 0.333. The van der Waals surface area contributed by atoms with Gasteiger partial charge in [0.15, 0.2) is 5.16 Å². The van der Waals surface area contributed by atoms with Crippen LogP contribution in [-0.4, -0.2) is 24.7 Å². The highest BCUT2D eigenvalue weighted by Crippen LogP contribution is 2.37. The van der Waals surface area contributed by atoms with E-state index in [2.05, 4.69) is 20.2 Å². The highest BCUT2D eigenvalue weighted by Gasteiger charge is 2.28. The van der Waals surface area contributed by atoms with Crippen molar-refractivity contribution in [2.45, 2.75) is 29.1 Å². The van der Waals surface area contributed by atoms with Crippen LogP contribution in [0.1, 0.15) is 18.9 Å². The summed E-state index contributed by atoms with van der Waals surface area (Å²) in [6.45, 7) is 0. The van der Waals surface area contributed by atoms with Gasteiger partial charge >= 0.3 is 5.69 Å². The predicted octanol–water partition coefficient (Wildman–Crippen LogP) is 0.430. The molecule has 1 aliphatic rings. The molecule has 0 bridgehead atoms. The zero-order valence-corrected chi connectivity index (χ0v) is 9.65. The van der Waals surface area contributed by atoms with Gasteiger partial charge in [0.25, 0.3) is 0 Å². The minimum Gasteiger partial charge on any atom is -0.384 e. The van der Waals surface area contributed by atoms with E-state index in [0.717, 1.165) is 12.8 Å². The van der Waals surface area contributed by atoms with Gasteiger partial charge < -0.3 is 5.73 Å². The second-order valence-corrected chi connectivity index (χ2v) is 4.78. The predicted molar refractivity (Wildman–Crippen MR) is 61.7 cm³/mol. The first-order chi connectivity index (χ1) is 8.24. The van der Waals surface area contributed by atoms with Crippen LogP contribution in [0.25, 0.3) is 0 Å². The summed E-state index contributed by atoms with van der Waals surface area (Å²) in [4.78, 5) is 19.4. The summed E-state index contributed by atoms with van der Waals surface area (Å²) in [6.07, 6.45) is 3.45. The Kier molecular flexibility index (Phi) is 2.36. The van der Waals surface area contributed by atoms with Crippen molar-refractivity contribution in [2.24, 2.45) is 0 Å². The third-order valence-electron chi connectivity index (χ3n) is 2.44. The standard InChI is InChI=1S/C9H10N6OS/c10-6-3-7(12-4-11-6)17-9-14-13-8(16)15(9)5-1-2-5/h3-5H,1-2H2,(H,13,16)(H2,10,11,12). The molecule has 0 unspecified atom stereocenters. The second kappa shape index (κ2) is 3.88. The van der Waals surface area contributed by atoms with E-state index in [-0.39, 0.29) is 11.7 Å². The zero-order chi connectivity index (χ0) is 11.8. The van der Waals surface area contributed by atoms with Crippen LogP contribution in [0.2, 0.25) is 0 Å². The van der Waals surface area contributed by atoms with Gasteiger partial charge in [0.2, 0.25) is 0 Å². The molecular formula is C9H10N6OS. The summed E-state index contributed by atoms with van der Waals surface area (Å²) in [5.41, 5.74) is 5.40. The first kappa shape index (κ1) is 10.3. The van der Waals surface area contributed by atoms with Gasteiger partial charge in [0.1, 0.15) is 17.2 Å². The normalized spacial score (nSPS) is 15.1. The van der Waals surface area contributed by atoms with Crippen LogP contribution in [-0.2, 0) is 0 Å². The van der Waals surface area contributed by atoms with Crippen LogP contribution in [0.4, 0.5) is 5.82 Å². The summed E-state index contributed by atoms with van der Waals surface area (Å²) in [6, 6.07) is 1.93. The van der Waals surface area contributed by atoms with Crippen LogP contribution in [0, 0.1) is 0 Å². The highest BCUT2D eigenvalue weighted by molar-refractivity contribution is 7.99. The Labute approximate surface area is 100 Å². The van der Waals surface area contributed by atoms with E-state index in [1.54, 1.807) is 10.6 Å². The van der Waals surface area contributed by atoms with E-state index in [0.29, 0.717) is 16.0 Å². The van der Waals surface area contributed by atoms with E-state index in [4.69, 9.17) is 5.73 Å². The average Bonchev–Trinajstić information content (AvgIpc) is 3.05. The summed E-state index contributed by atoms with van der Waals surface area (Å²) < 4.78 is 1.67. The van der Waals surface area contributed by atoms with Gasteiger partial charge in [-0.3, -0.25) is 4.57 Å². The lowest BCUT2D eigenvalue weighted by molar-refractivity contribution is 0.642. The third kappa shape index (κ3) is 2.03. The Morgan fingerprint density at radius 3 is 3.00 bits per heavy atom. The lowest BCUT2D eigenvalue weighted by Crippen LogP contribution is -2.16. The number of aromatic amines is 1. The maximum absolute atomic E-state index is 11.6. The van der Waals surface area contributed by atoms with Gasteiger partial charge in [-0.05, 0) is 24.6 Å². The topological polar surface area (TPSA) is 102 Å². The van der Waals surface area contributed by atoms with Gasteiger partial charge in [-0.25, -0.2) is 19.9 Å². The Hall–Kier alpha value is -1.83. The fourth-order valence-corrected chi connectivity index (χ4v) is 2.41. The minimum absolute atomic E-state index is 0.169. The average molecular weight is 250 g/mol. The minimum atomic E-state index is -0.169. The van der Waals surface area contributed by atoms with Crippen LogP contribution in [0.15, 0.2) is 27.4 Å². The molecule has 1 aliphatic carbocycles. The number of hydrogen-bond acceptors (Lipinski definition) is 6. The molecule has 0 spiro atoms. The van der Waals surface area contributed by atoms with Crippen molar-refractivity contribution in [2.75, 3.05) is 5.73 Å². The second-order valence-electron chi connectivity index (χ2n) is 3.80. The lowest BCUT2D eigenvalue weighted by Gasteiger charge is -2.02. The molecule has 2 heterocycles. The smallest absolute Gasteiger partial charge is 0.344 e. The van der Waals surface area contributed by atoms with Gasteiger partial charge in [-0.1, -0.05) is 0 Å². The molecule has 8 heteroatoms. The SMILES string of the molecule is Nc1cc(Sc2n[nH]c(=O)n2C2CC2)ncn1. The summed E-state index contributed by atoms with van der Waals surface area (Å²) >= 11 is 1.31. The van der Waals surface area contributed by atoms with E-state index in [1.807, 2.05) is 0 Å². The van der Waals surface area contributed by atoms with Gasteiger partial charge in [-0.15, -0.1) is 5.10 Å². The number of H-pyrrole nitrogens is 1. The Balaban J connectivity index is 1.92.